The summed E-state index contributed by atoms with van der Waals surface area (Å²) < 4.78 is 44.3. The number of nitrogens with one attached hydrogen (secondary N) is 1. The molecular formula is C22H14Cl2F3N3O2S. The molecule has 1 amide bonds. The predicted octanol–water partition coefficient (Wildman–Crippen LogP) is 6.44. The number of hydrogen-bond acceptors (Lipinski definition) is 5. The highest BCUT2D eigenvalue weighted by Crippen LogP contribution is 2.32. The number of halogens is 5. The van der Waals surface area contributed by atoms with Crippen molar-refractivity contribution in [2.75, 3.05) is 0 Å². The van der Waals surface area contributed by atoms with Crippen LogP contribution in [0.15, 0.2) is 69.2 Å². The minimum absolute atomic E-state index is 0.227. The van der Waals surface area contributed by atoms with Gasteiger partial charge < -0.3 is 9.73 Å². The van der Waals surface area contributed by atoms with Gasteiger partial charge in [0.15, 0.2) is 5.17 Å². The molecule has 1 N–H and O–H groups in total. The van der Waals surface area contributed by atoms with Crippen molar-refractivity contribution in [3.05, 3.63) is 81.5 Å². The maximum absolute atomic E-state index is 12.9. The number of benzene rings is 2. The first-order valence-corrected chi connectivity index (χ1v) is 11.1. The first-order chi connectivity index (χ1) is 15.7. The van der Waals surface area contributed by atoms with E-state index in [2.05, 4.69) is 15.5 Å². The fraction of sp³-hybridized carbons (Fsp3) is 0.136. The maximum atomic E-state index is 12.9. The molecule has 170 valence electrons. The molecule has 2 heterocycles. The number of furan rings is 1. The molecule has 1 atom stereocenters. The highest BCUT2D eigenvalue weighted by Gasteiger charge is 2.31. The molecule has 11 heteroatoms. The monoisotopic (exact) mass is 511 g/mol. The molecule has 0 radical (unpaired) electrons. The van der Waals surface area contributed by atoms with Gasteiger partial charge in [-0.3, -0.25) is 4.79 Å². The van der Waals surface area contributed by atoms with Crippen LogP contribution in [0.3, 0.4) is 0 Å². The number of rotatable bonds is 5. The molecule has 1 fully saturated rings. The average Bonchev–Trinajstić information content (AvgIpc) is 3.37. The van der Waals surface area contributed by atoms with Crippen LogP contribution < -0.4 is 5.32 Å². The Bertz CT molecular complexity index is 1260. The number of amides is 1. The number of carbonyl (C=O) groups is 1. The van der Waals surface area contributed by atoms with Crippen LogP contribution in [0, 0.1) is 0 Å². The first kappa shape index (κ1) is 23.4. The van der Waals surface area contributed by atoms with Gasteiger partial charge in [0.05, 0.1) is 17.0 Å². The van der Waals surface area contributed by atoms with Crippen molar-refractivity contribution < 1.29 is 22.4 Å². The lowest BCUT2D eigenvalue weighted by atomic mass is 10.1. The quantitative estimate of drug-likeness (QED) is 0.316. The minimum Gasteiger partial charge on any atom is -0.455 e. The Balaban J connectivity index is 1.41. The average molecular weight is 512 g/mol. The van der Waals surface area contributed by atoms with E-state index in [1.165, 1.54) is 30.1 Å². The number of hydrogen-bond donors (Lipinski definition) is 1. The fourth-order valence-electron chi connectivity index (χ4n) is 3.05. The lowest BCUT2D eigenvalue weighted by Crippen LogP contribution is -2.26. The summed E-state index contributed by atoms with van der Waals surface area (Å²) in [6.45, 7) is 0. The molecule has 3 aromatic rings. The Morgan fingerprint density at radius 3 is 2.73 bits per heavy atom. The Labute approximate surface area is 200 Å². The standard InChI is InChI=1S/C22H14Cl2F3N3O2S/c23-15-4-6-17(24)13(9-15)10-19-20(31)29-21(33-19)30-28-11-16-5-7-18(32-16)12-2-1-3-14(8-12)22(25,26)27/h1-9,11,19H,10H2,(H,29,30,31). The van der Waals surface area contributed by atoms with Crippen molar-refractivity contribution >= 4 is 52.3 Å². The molecule has 0 aliphatic carbocycles. The van der Waals surface area contributed by atoms with Crippen molar-refractivity contribution in [3.63, 3.8) is 0 Å². The number of alkyl halides is 3. The fourth-order valence-corrected chi connectivity index (χ4v) is 4.39. The Morgan fingerprint density at radius 2 is 1.94 bits per heavy atom. The van der Waals surface area contributed by atoms with Gasteiger partial charge in [0.25, 0.3) is 0 Å². The van der Waals surface area contributed by atoms with Gasteiger partial charge in [0.2, 0.25) is 5.91 Å². The van der Waals surface area contributed by atoms with Crippen molar-refractivity contribution in [1.82, 2.24) is 5.32 Å². The van der Waals surface area contributed by atoms with E-state index < -0.39 is 17.0 Å². The zero-order valence-corrected chi connectivity index (χ0v) is 18.9. The lowest BCUT2D eigenvalue weighted by molar-refractivity contribution is -0.137. The van der Waals surface area contributed by atoms with Crippen LogP contribution in [0.4, 0.5) is 13.2 Å². The molecule has 1 aliphatic heterocycles. The molecule has 2 aromatic carbocycles. The van der Waals surface area contributed by atoms with E-state index in [1.807, 2.05) is 0 Å². The summed E-state index contributed by atoms with van der Waals surface area (Å²) in [5, 5.41) is 11.4. The molecule has 33 heavy (non-hydrogen) atoms. The van der Waals surface area contributed by atoms with Crippen LogP contribution in [0.5, 0.6) is 0 Å². The molecule has 1 aromatic heterocycles. The molecule has 0 saturated carbocycles. The van der Waals surface area contributed by atoms with Gasteiger partial charge in [-0.05, 0) is 54.4 Å². The number of thioether (sulfide) groups is 1. The van der Waals surface area contributed by atoms with Crippen LogP contribution >= 0.6 is 35.0 Å². The Hall–Kier alpha value is -2.75. The van der Waals surface area contributed by atoms with Gasteiger partial charge in [0.1, 0.15) is 11.5 Å². The van der Waals surface area contributed by atoms with Crippen LogP contribution in [0.1, 0.15) is 16.9 Å². The van der Waals surface area contributed by atoms with Gasteiger partial charge in [-0.25, -0.2) is 0 Å². The summed E-state index contributed by atoms with van der Waals surface area (Å²) >= 11 is 13.4. The molecule has 0 spiro atoms. The van der Waals surface area contributed by atoms with Crippen LogP contribution in [-0.2, 0) is 17.4 Å². The predicted molar refractivity (Wildman–Crippen MR) is 124 cm³/mol. The van der Waals surface area contributed by atoms with E-state index in [0.717, 1.165) is 17.7 Å². The van der Waals surface area contributed by atoms with Crippen molar-refractivity contribution in [2.24, 2.45) is 10.2 Å². The SMILES string of the molecule is O=C1N/C(=N\N=Cc2ccc(-c3cccc(C(F)(F)F)c3)o2)SC1Cc1cc(Cl)ccc1Cl. The van der Waals surface area contributed by atoms with E-state index in [1.54, 1.807) is 30.3 Å². The Morgan fingerprint density at radius 1 is 1.12 bits per heavy atom. The summed E-state index contributed by atoms with van der Waals surface area (Å²) in [7, 11) is 0. The molecule has 1 saturated heterocycles. The van der Waals surface area contributed by atoms with E-state index in [-0.39, 0.29) is 17.2 Å². The summed E-state index contributed by atoms with van der Waals surface area (Å²) in [5.41, 5.74) is 0.275. The maximum Gasteiger partial charge on any atom is 0.416 e. The second-order valence-electron chi connectivity index (χ2n) is 6.97. The zero-order valence-electron chi connectivity index (χ0n) is 16.6. The van der Waals surface area contributed by atoms with E-state index in [0.29, 0.717) is 27.4 Å². The molecule has 1 aliphatic rings. The topological polar surface area (TPSA) is 67.0 Å². The molecule has 1 unspecified atom stereocenters. The highest BCUT2D eigenvalue weighted by atomic mass is 35.5. The smallest absolute Gasteiger partial charge is 0.416 e. The number of nitrogens with zero attached hydrogens (tertiary/aromatic N) is 2. The molecule has 0 bridgehead atoms. The zero-order chi connectivity index (χ0) is 23.6. The third-order valence-electron chi connectivity index (χ3n) is 4.62. The molecule has 4 rings (SSSR count). The van der Waals surface area contributed by atoms with Crippen LogP contribution in [-0.4, -0.2) is 22.5 Å². The van der Waals surface area contributed by atoms with Gasteiger partial charge in [-0.15, -0.1) is 5.10 Å². The van der Waals surface area contributed by atoms with Crippen LogP contribution in [0.25, 0.3) is 11.3 Å². The number of amidine groups is 1. The third-order valence-corrected chi connectivity index (χ3v) is 6.30. The minimum atomic E-state index is -4.44. The van der Waals surface area contributed by atoms with E-state index in [4.69, 9.17) is 27.6 Å². The normalized spacial score (nSPS) is 17.8. The van der Waals surface area contributed by atoms with Gasteiger partial charge in [0, 0.05) is 15.6 Å². The summed E-state index contributed by atoms with van der Waals surface area (Å²) in [5.74, 6) is 0.329. The van der Waals surface area contributed by atoms with Crippen molar-refractivity contribution in [3.8, 4) is 11.3 Å². The summed E-state index contributed by atoms with van der Waals surface area (Å²) in [4.78, 5) is 12.2. The largest absolute Gasteiger partial charge is 0.455 e. The molecular weight excluding hydrogens is 498 g/mol. The summed E-state index contributed by atoms with van der Waals surface area (Å²) in [6, 6.07) is 13.0. The molecule has 5 nitrogen and oxygen atoms in total. The second-order valence-corrected chi connectivity index (χ2v) is 9.00. The second kappa shape index (κ2) is 9.62. The van der Waals surface area contributed by atoms with E-state index in [9.17, 15) is 18.0 Å². The number of carbonyl (C=O) groups excluding carboxylic acids is 1. The summed E-state index contributed by atoms with van der Waals surface area (Å²) in [6.07, 6.45) is -2.77. The van der Waals surface area contributed by atoms with Gasteiger partial charge in [-0.1, -0.05) is 47.1 Å². The van der Waals surface area contributed by atoms with Gasteiger partial charge in [-0.2, -0.15) is 18.3 Å². The third kappa shape index (κ3) is 5.79. The first-order valence-electron chi connectivity index (χ1n) is 9.49. The highest BCUT2D eigenvalue weighted by molar-refractivity contribution is 8.15. The van der Waals surface area contributed by atoms with Crippen molar-refractivity contribution in [2.45, 2.75) is 17.8 Å². The van der Waals surface area contributed by atoms with Gasteiger partial charge >= 0.3 is 6.18 Å². The van der Waals surface area contributed by atoms with E-state index >= 15 is 0 Å². The Kier molecular flexibility index (Phi) is 6.83. The lowest BCUT2D eigenvalue weighted by Gasteiger charge is -2.07. The van der Waals surface area contributed by atoms with Crippen molar-refractivity contribution in [1.29, 1.82) is 0 Å². The van der Waals surface area contributed by atoms with Crippen LogP contribution in [0.2, 0.25) is 10.0 Å².